The number of esters is 2. The number of benzene rings is 1. The molecular weight excluding hydrogens is 1230 g/mol. The summed E-state index contributed by atoms with van der Waals surface area (Å²) in [5, 5.41) is 50.4. The summed E-state index contributed by atoms with van der Waals surface area (Å²) in [7, 11) is 8.12. The Morgan fingerprint density at radius 3 is 1.58 bits per heavy atom. The zero-order valence-electron chi connectivity index (χ0n) is 57.3. The molecule has 3 saturated carbocycles. The fraction of sp³-hybridized carbons (Fsp3) is 0.761. The van der Waals surface area contributed by atoms with Crippen LogP contribution in [0.2, 0.25) is 0 Å². The van der Waals surface area contributed by atoms with Crippen LogP contribution in [-0.4, -0.2) is 231 Å². The third-order valence-electron chi connectivity index (χ3n) is 23.2. The van der Waals surface area contributed by atoms with Crippen LogP contribution in [0.4, 0.5) is 0 Å². The second kappa shape index (κ2) is 29.7. The lowest BCUT2D eigenvalue weighted by Crippen LogP contribution is -2.78. The third-order valence-corrected chi connectivity index (χ3v) is 23.2. The molecule has 0 spiro atoms. The maximum Gasteiger partial charge on any atom is 0.340 e. The molecule has 0 unspecified atom stereocenters. The lowest BCUT2D eigenvalue weighted by Gasteiger charge is -2.67. The van der Waals surface area contributed by atoms with Crippen LogP contribution in [0.15, 0.2) is 72.6 Å². The van der Waals surface area contributed by atoms with Crippen LogP contribution in [0, 0.1) is 16.7 Å². The van der Waals surface area contributed by atoms with Crippen LogP contribution in [0.1, 0.15) is 148 Å². The monoisotopic (exact) mass is 1340 g/mol. The molecule has 24 nitrogen and oxygen atoms in total. The zero-order chi connectivity index (χ0) is 67.9. The summed E-state index contributed by atoms with van der Waals surface area (Å²) < 4.78 is 108. The van der Waals surface area contributed by atoms with E-state index >= 15 is 0 Å². The quantitative estimate of drug-likeness (QED) is 0.0566. The number of aliphatic hydroxyl groups is 4. The van der Waals surface area contributed by atoms with E-state index in [0.29, 0.717) is 51.4 Å². The molecule has 0 bridgehead atoms. The molecule has 530 valence electrons. The van der Waals surface area contributed by atoms with Gasteiger partial charge in [0, 0.05) is 92.0 Å². The number of hydrogen-bond acceptors (Lipinski definition) is 24. The average molecular weight is 1340 g/mol. The molecule has 0 amide bonds. The Morgan fingerprint density at radius 2 is 1.09 bits per heavy atom. The summed E-state index contributed by atoms with van der Waals surface area (Å²) in [5.74, 6) is -2.02. The summed E-state index contributed by atoms with van der Waals surface area (Å²) in [6, 6.07) is 12.5. The van der Waals surface area contributed by atoms with E-state index in [-0.39, 0.29) is 43.5 Å². The molecule has 24 heteroatoms. The zero-order valence-corrected chi connectivity index (χ0v) is 57.3. The number of pyridine rings is 1. The fourth-order valence-corrected chi connectivity index (χ4v) is 17.6. The van der Waals surface area contributed by atoms with Crippen LogP contribution >= 0.6 is 0 Å². The maximum absolute atomic E-state index is 14.0. The van der Waals surface area contributed by atoms with Gasteiger partial charge < -0.3 is 101 Å². The molecule has 95 heavy (non-hydrogen) atoms. The second-order valence-corrected chi connectivity index (χ2v) is 28.3. The smallest absolute Gasteiger partial charge is 0.340 e. The van der Waals surface area contributed by atoms with Crippen molar-refractivity contribution < 1.29 is 111 Å². The predicted octanol–water partition coefficient (Wildman–Crippen LogP) is 6.82. The Kier molecular flexibility index (Phi) is 22.6. The van der Waals surface area contributed by atoms with Crippen LogP contribution < -0.4 is 0 Å². The number of fused-ring (bicyclic) bond motifs is 5. The Labute approximate surface area is 558 Å². The number of ether oxygens (including phenoxy) is 17. The molecule has 1 aromatic heterocycles. The van der Waals surface area contributed by atoms with E-state index in [1.54, 1.807) is 74.5 Å². The first kappa shape index (κ1) is 72.3. The third kappa shape index (κ3) is 14.0. The Morgan fingerprint density at radius 1 is 0.611 bits per heavy atom. The molecule has 4 aliphatic carbocycles. The molecule has 0 radical (unpaired) electrons. The standard InChI is InChI=1S/C71H103NO23/c1-38-61(74)48(79-9)31-57(84-38)92-63-40(3)86-59(33-50(63)81-11)94-65-42(5)88-60(35-52(65)83-13)95-64-41(4)87-58(34-51(64)82-12)93-62-39(2)85-56(32-49(62)80-10)90-47-24-25-67(7)46(30-47)23-26-70(77)53(67)36-54(91-55(73)22-21-44-18-15-14-16-19-44)68(8)69(76,27-28-71(68,70)78)43(6)89-66(75)45-20-17-29-72-37-45/h14-23,29,37-43,47-54,56-65,74,76-78H,24-28,30-36H2,1-13H3/t38-,39+,40+,41+,42+,43-,47-,48+,49-,50+,51-,52+,53+,54+,56-,57-,58-,59-,60-,61-,62+,63+,64+,65+,67-,68+,69+,70-,71+/m0/s1. The second-order valence-electron chi connectivity index (χ2n) is 28.3. The molecule has 2 aromatic rings. The summed E-state index contributed by atoms with van der Waals surface area (Å²) in [6.07, 6.45) is -1.74. The van der Waals surface area contributed by atoms with Crippen molar-refractivity contribution in [3.05, 3.63) is 83.7 Å². The first-order chi connectivity index (χ1) is 45.3. The van der Waals surface area contributed by atoms with Gasteiger partial charge in [-0.25, -0.2) is 9.59 Å². The highest BCUT2D eigenvalue weighted by Gasteiger charge is 2.81. The molecule has 6 heterocycles. The minimum atomic E-state index is -2.02. The Bertz CT molecular complexity index is 2950. The van der Waals surface area contributed by atoms with Gasteiger partial charge in [0.2, 0.25) is 0 Å². The molecule has 8 fully saturated rings. The number of rotatable bonds is 21. The minimum Gasteiger partial charge on any atom is -0.458 e. The van der Waals surface area contributed by atoms with Crippen molar-refractivity contribution in [3.63, 3.8) is 0 Å². The van der Waals surface area contributed by atoms with Crippen molar-refractivity contribution in [3.8, 4) is 0 Å². The van der Waals surface area contributed by atoms with Gasteiger partial charge in [0.05, 0.1) is 78.1 Å². The van der Waals surface area contributed by atoms with E-state index in [1.165, 1.54) is 18.5 Å². The minimum absolute atomic E-state index is 0.0564. The molecule has 5 aliphatic heterocycles. The molecular formula is C71H103NO23. The van der Waals surface area contributed by atoms with Crippen molar-refractivity contribution in [1.29, 1.82) is 0 Å². The number of carbonyl (C=O) groups is 2. The summed E-state index contributed by atoms with van der Waals surface area (Å²) in [4.78, 5) is 31.6. The fourth-order valence-electron chi connectivity index (χ4n) is 17.6. The highest BCUT2D eigenvalue weighted by atomic mass is 16.8. The lowest BCUT2D eigenvalue weighted by atomic mass is 9.42. The largest absolute Gasteiger partial charge is 0.458 e. The first-order valence-electron chi connectivity index (χ1n) is 34.1. The molecule has 9 aliphatic rings. The maximum atomic E-state index is 14.0. The van der Waals surface area contributed by atoms with Gasteiger partial charge in [-0.1, -0.05) is 55.8 Å². The van der Waals surface area contributed by atoms with Crippen LogP contribution in [0.25, 0.3) is 6.08 Å². The van der Waals surface area contributed by atoms with Gasteiger partial charge in [0.1, 0.15) is 59.5 Å². The number of aromatic nitrogens is 1. The van der Waals surface area contributed by atoms with Crippen LogP contribution in [-0.2, 0) is 85.3 Å². The summed E-state index contributed by atoms with van der Waals surface area (Å²) in [6.45, 7) is 14.8. The number of aliphatic hydroxyl groups excluding tert-OH is 1. The van der Waals surface area contributed by atoms with Gasteiger partial charge >= 0.3 is 11.9 Å². The summed E-state index contributed by atoms with van der Waals surface area (Å²) >= 11 is 0. The van der Waals surface area contributed by atoms with Crippen molar-refractivity contribution in [2.75, 3.05) is 35.5 Å². The first-order valence-corrected chi connectivity index (χ1v) is 34.1. The molecule has 5 saturated heterocycles. The van der Waals surface area contributed by atoms with Gasteiger partial charge in [0.25, 0.3) is 0 Å². The van der Waals surface area contributed by atoms with E-state index in [9.17, 15) is 30.0 Å². The number of carbonyl (C=O) groups excluding carboxylic acids is 2. The van der Waals surface area contributed by atoms with Crippen molar-refractivity contribution in [1.82, 2.24) is 4.98 Å². The van der Waals surface area contributed by atoms with Gasteiger partial charge in [-0.05, 0) is 116 Å². The van der Waals surface area contributed by atoms with Gasteiger partial charge in [-0.2, -0.15) is 0 Å². The van der Waals surface area contributed by atoms with Crippen LogP contribution in [0.3, 0.4) is 0 Å². The van der Waals surface area contributed by atoms with E-state index in [2.05, 4.69) is 11.9 Å². The molecule has 4 N–H and O–H groups in total. The van der Waals surface area contributed by atoms with Gasteiger partial charge in [-0.15, -0.1) is 0 Å². The normalized spacial score (nSPS) is 45.6. The van der Waals surface area contributed by atoms with E-state index in [0.717, 1.165) is 11.1 Å². The number of methoxy groups -OCH3 is 5. The highest BCUT2D eigenvalue weighted by Crippen LogP contribution is 2.71. The van der Waals surface area contributed by atoms with E-state index in [1.807, 2.05) is 64.1 Å². The SMILES string of the molecule is CO[C@H]1C[C@H](O[C@H]2CC[C@@]3(C)C(=CC[C@]4(O)[C@@H]3C[C@@H](OC(=O)C=Cc3ccccc3)[C@@]3(C)[C@]4(O)CC[C@@]3(O)[C@H](C)OC(=O)c3cccnc3)C2)O[C@H](C)[C@H]1O[C@H]1C[C@H](OC)[C@H](O[C@H]2C[C@@H](OC)[C@H](O[C@H]3C[C@@H](OC)[C@H](O[C@H]4C[C@@H](OC)[C@@H](O)[C@H](C)O4)[C@@H](C)O3)[C@@H](C)O2)[C@@H](C)O1. The molecule has 29 atom stereocenters. The summed E-state index contributed by atoms with van der Waals surface area (Å²) in [5.41, 5.74) is -6.17. The Hall–Kier alpha value is -3.97. The van der Waals surface area contributed by atoms with E-state index in [4.69, 9.17) is 80.5 Å². The van der Waals surface area contributed by atoms with Crippen molar-refractivity contribution in [2.45, 2.75) is 291 Å². The number of hydrogen-bond donors (Lipinski definition) is 4. The van der Waals surface area contributed by atoms with Crippen molar-refractivity contribution >= 4 is 18.0 Å². The Balaban J connectivity index is 0.695. The predicted molar refractivity (Wildman–Crippen MR) is 339 cm³/mol. The van der Waals surface area contributed by atoms with E-state index < -0.39 is 175 Å². The molecule has 11 rings (SSSR count). The number of nitrogens with zero attached hydrogens (tertiary/aromatic N) is 1. The molecule has 1 aromatic carbocycles. The lowest BCUT2D eigenvalue weighted by molar-refractivity contribution is -0.352. The van der Waals surface area contributed by atoms with Gasteiger partial charge in [0.15, 0.2) is 31.5 Å². The van der Waals surface area contributed by atoms with Crippen molar-refractivity contribution in [2.24, 2.45) is 16.7 Å². The van der Waals surface area contributed by atoms with Gasteiger partial charge in [-0.3, -0.25) is 4.98 Å². The van der Waals surface area contributed by atoms with Crippen LogP contribution in [0.5, 0.6) is 0 Å². The topological polar surface area (TPSA) is 285 Å². The highest BCUT2D eigenvalue weighted by molar-refractivity contribution is 5.89. The average Bonchev–Trinajstić information content (AvgIpc) is 1.59.